The van der Waals surface area contributed by atoms with Crippen LogP contribution in [0.5, 0.6) is 0 Å². The molecule has 0 atom stereocenters. The number of nitrogens with zero attached hydrogens (tertiary/aromatic N) is 2. The van der Waals surface area contributed by atoms with Gasteiger partial charge in [-0.3, -0.25) is 14.8 Å². The van der Waals surface area contributed by atoms with Crippen LogP contribution in [0, 0.1) is 0 Å². The van der Waals surface area contributed by atoms with Gasteiger partial charge in [-0.1, -0.05) is 0 Å². The van der Waals surface area contributed by atoms with Gasteiger partial charge in [0.05, 0.1) is 0 Å². The Bertz CT molecular complexity index is 542. The number of carbonyl (C=O) groups is 1. The van der Waals surface area contributed by atoms with Crippen LogP contribution >= 0.6 is 0 Å². The number of rotatable bonds is 5. The number of amides is 1. The number of anilines is 1. The van der Waals surface area contributed by atoms with Gasteiger partial charge in [-0.2, -0.15) is 0 Å². The molecule has 19 heavy (non-hydrogen) atoms. The summed E-state index contributed by atoms with van der Waals surface area (Å²) < 4.78 is 0. The molecule has 98 valence electrons. The molecular weight excluding hydrogens is 240 g/mol. The van der Waals surface area contributed by atoms with Crippen LogP contribution in [0.15, 0.2) is 42.9 Å². The van der Waals surface area contributed by atoms with Crippen LogP contribution in [0.1, 0.15) is 23.0 Å². The molecule has 2 N–H and O–H groups in total. The maximum Gasteiger partial charge on any atom is 0.269 e. The summed E-state index contributed by atoms with van der Waals surface area (Å²) in [5.41, 5.74) is 2.42. The summed E-state index contributed by atoms with van der Waals surface area (Å²) in [4.78, 5) is 19.7. The third kappa shape index (κ3) is 3.77. The molecule has 2 aromatic heterocycles. The average molecular weight is 256 g/mol. The van der Waals surface area contributed by atoms with Crippen molar-refractivity contribution in [3.63, 3.8) is 0 Å². The van der Waals surface area contributed by atoms with E-state index in [1.807, 2.05) is 25.1 Å². The zero-order chi connectivity index (χ0) is 13.5. The molecular formula is C14H16N4O. The predicted octanol–water partition coefficient (Wildman–Crippen LogP) is 1.84. The molecule has 0 aliphatic heterocycles. The van der Waals surface area contributed by atoms with Gasteiger partial charge in [0.1, 0.15) is 5.69 Å². The first kappa shape index (κ1) is 13.0. The first-order chi connectivity index (χ1) is 9.29. The maximum atomic E-state index is 11.7. The lowest BCUT2D eigenvalue weighted by Gasteiger charge is -2.07. The molecule has 0 unspecified atom stereocenters. The molecule has 5 nitrogen and oxygen atoms in total. The van der Waals surface area contributed by atoms with E-state index in [4.69, 9.17) is 0 Å². The minimum atomic E-state index is -0.157. The van der Waals surface area contributed by atoms with Crippen molar-refractivity contribution in [2.24, 2.45) is 0 Å². The number of carbonyl (C=O) groups excluding carboxylic acids is 1. The summed E-state index contributed by atoms with van der Waals surface area (Å²) >= 11 is 0. The number of pyridine rings is 2. The van der Waals surface area contributed by atoms with E-state index in [0.717, 1.165) is 11.3 Å². The summed E-state index contributed by atoms with van der Waals surface area (Å²) in [6.07, 6.45) is 5.13. The Labute approximate surface area is 112 Å². The highest BCUT2D eigenvalue weighted by Crippen LogP contribution is 2.09. The third-order valence-corrected chi connectivity index (χ3v) is 2.58. The van der Waals surface area contributed by atoms with Crippen LogP contribution in [0.4, 0.5) is 5.69 Å². The van der Waals surface area contributed by atoms with Crippen LogP contribution in [0.25, 0.3) is 0 Å². The lowest BCUT2D eigenvalue weighted by Crippen LogP contribution is -2.23. The van der Waals surface area contributed by atoms with Crippen molar-refractivity contribution in [1.29, 1.82) is 0 Å². The quantitative estimate of drug-likeness (QED) is 0.856. The fourth-order valence-electron chi connectivity index (χ4n) is 1.62. The first-order valence-electron chi connectivity index (χ1n) is 6.16. The van der Waals surface area contributed by atoms with E-state index < -0.39 is 0 Å². The SMILES string of the molecule is CCNC(=O)c1cc(NCc2ccncc2)ccn1. The second-order valence-electron chi connectivity index (χ2n) is 4.00. The molecule has 0 bridgehead atoms. The van der Waals surface area contributed by atoms with Gasteiger partial charge in [-0.15, -0.1) is 0 Å². The lowest BCUT2D eigenvalue weighted by atomic mass is 10.2. The van der Waals surface area contributed by atoms with E-state index in [2.05, 4.69) is 20.6 Å². The van der Waals surface area contributed by atoms with E-state index in [1.54, 1.807) is 24.7 Å². The van der Waals surface area contributed by atoms with Gasteiger partial charge in [0.25, 0.3) is 5.91 Å². The number of nitrogens with one attached hydrogen (secondary N) is 2. The monoisotopic (exact) mass is 256 g/mol. The summed E-state index contributed by atoms with van der Waals surface area (Å²) in [5.74, 6) is -0.157. The Kier molecular flexibility index (Phi) is 4.44. The van der Waals surface area contributed by atoms with Gasteiger partial charge >= 0.3 is 0 Å². The smallest absolute Gasteiger partial charge is 0.269 e. The highest BCUT2D eigenvalue weighted by Gasteiger charge is 2.06. The van der Waals surface area contributed by atoms with Gasteiger partial charge in [0.15, 0.2) is 0 Å². The highest BCUT2D eigenvalue weighted by molar-refractivity contribution is 5.93. The van der Waals surface area contributed by atoms with E-state index in [0.29, 0.717) is 18.8 Å². The fourth-order valence-corrected chi connectivity index (χ4v) is 1.62. The van der Waals surface area contributed by atoms with Gasteiger partial charge in [0.2, 0.25) is 0 Å². The van der Waals surface area contributed by atoms with E-state index in [-0.39, 0.29) is 5.91 Å². The Morgan fingerprint density at radius 1 is 1.21 bits per heavy atom. The number of aromatic nitrogens is 2. The van der Waals surface area contributed by atoms with Crippen molar-refractivity contribution in [2.45, 2.75) is 13.5 Å². The molecule has 0 radical (unpaired) electrons. The molecule has 0 aliphatic carbocycles. The molecule has 0 aromatic carbocycles. The predicted molar refractivity (Wildman–Crippen MR) is 73.8 cm³/mol. The van der Waals surface area contributed by atoms with E-state index in [9.17, 15) is 4.79 Å². The van der Waals surface area contributed by atoms with Crippen LogP contribution in [-0.4, -0.2) is 22.4 Å². The zero-order valence-electron chi connectivity index (χ0n) is 10.8. The molecule has 0 spiro atoms. The Hall–Kier alpha value is -2.43. The van der Waals surface area contributed by atoms with E-state index in [1.165, 1.54) is 0 Å². The third-order valence-electron chi connectivity index (χ3n) is 2.58. The standard InChI is InChI=1S/C14H16N4O/c1-2-16-14(19)13-9-12(5-8-17-13)18-10-11-3-6-15-7-4-11/h3-9H,2,10H2,1H3,(H,16,19)(H,17,18). The molecule has 2 aromatic rings. The van der Waals surface area contributed by atoms with Crippen molar-refractivity contribution in [3.8, 4) is 0 Å². The van der Waals surface area contributed by atoms with Gasteiger partial charge in [0, 0.05) is 37.4 Å². The lowest BCUT2D eigenvalue weighted by molar-refractivity contribution is 0.0951. The molecule has 5 heteroatoms. The van der Waals surface area contributed by atoms with Crippen LogP contribution < -0.4 is 10.6 Å². The van der Waals surface area contributed by atoms with Crippen molar-refractivity contribution in [1.82, 2.24) is 15.3 Å². The topological polar surface area (TPSA) is 66.9 Å². The molecule has 0 saturated heterocycles. The summed E-state index contributed by atoms with van der Waals surface area (Å²) in [6.45, 7) is 3.15. The van der Waals surface area contributed by atoms with E-state index >= 15 is 0 Å². The molecule has 0 saturated carbocycles. The normalized spacial score (nSPS) is 9.95. The van der Waals surface area contributed by atoms with Crippen molar-refractivity contribution in [2.75, 3.05) is 11.9 Å². The van der Waals surface area contributed by atoms with Gasteiger partial charge in [-0.25, -0.2) is 0 Å². The Morgan fingerprint density at radius 3 is 2.74 bits per heavy atom. The number of hydrogen-bond donors (Lipinski definition) is 2. The largest absolute Gasteiger partial charge is 0.381 e. The molecule has 0 aliphatic rings. The fraction of sp³-hybridized carbons (Fsp3) is 0.214. The highest BCUT2D eigenvalue weighted by atomic mass is 16.1. The van der Waals surface area contributed by atoms with Crippen LogP contribution in [0.2, 0.25) is 0 Å². The van der Waals surface area contributed by atoms with Crippen molar-refractivity contribution >= 4 is 11.6 Å². The van der Waals surface area contributed by atoms with Crippen LogP contribution in [-0.2, 0) is 6.54 Å². The second-order valence-corrected chi connectivity index (χ2v) is 4.00. The first-order valence-corrected chi connectivity index (χ1v) is 6.16. The summed E-state index contributed by atoms with van der Waals surface area (Å²) in [6, 6.07) is 7.47. The molecule has 2 heterocycles. The molecule has 1 amide bonds. The van der Waals surface area contributed by atoms with Gasteiger partial charge in [-0.05, 0) is 36.8 Å². The zero-order valence-corrected chi connectivity index (χ0v) is 10.8. The number of hydrogen-bond acceptors (Lipinski definition) is 4. The van der Waals surface area contributed by atoms with Gasteiger partial charge < -0.3 is 10.6 Å². The Balaban J connectivity index is 2.01. The second kappa shape index (κ2) is 6.49. The summed E-state index contributed by atoms with van der Waals surface area (Å²) in [7, 11) is 0. The minimum absolute atomic E-state index is 0.157. The van der Waals surface area contributed by atoms with Crippen LogP contribution in [0.3, 0.4) is 0 Å². The molecule has 0 fully saturated rings. The maximum absolute atomic E-state index is 11.7. The Morgan fingerprint density at radius 2 is 2.00 bits per heavy atom. The van der Waals surface area contributed by atoms with Crippen molar-refractivity contribution < 1.29 is 4.79 Å². The summed E-state index contributed by atoms with van der Waals surface area (Å²) in [5, 5.41) is 5.98. The van der Waals surface area contributed by atoms with Crippen molar-refractivity contribution in [3.05, 3.63) is 54.1 Å². The average Bonchev–Trinajstić information content (AvgIpc) is 2.47. The minimum Gasteiger partial charge on any atom is -0.381 e. The molecule has 2 rings (SSSR count).